The summed E-state index contributed by atoms with van der Waals surface area (Å²) >= 11 is 0. The molecule has 0 bridgehead atoms. The second-order valence-corrected chi connectivity index (χ2v) is 4.82. The highest BCUT2D eigenvalue weighted by Gasteiger charge is 2.24. The summed E-state index contributed by atoms with van der Waals surface area (Å²) in [5.74, 6) is 1.21. The molecule has 0 aromatic heterocycles. The van der Waals surface area contributed by atoms with Crippen molar-refractivity contribution in [2.45, 2.75) is 46.5 Å². The maximum atomic E-state index is 10.9. The molecular formula is C13H22O2. The van der Waals surface area contributed by atoms with Crippen LogP contribution in [0.15, 0.2) is 11.6 Å². The minimum Gasteiger partial charge on any atom is -0.465 e. The Labute approximate surface area is 92.7 Å². The summed E-state index contributed by atoms with van der Waals surface area (Å²) < 4.78 is 5.08. The van der Waals surface area contributed by atoms with E-state index in [-0.39, 0.29) is 5.97 Å². The number of carbonyl (C=O) groups excluding carboxylic acids is 1. The highest BCUT2D eigenvalue weighted by Crippen LogP contribution is 2.26. The Kier molecular flexibility index (Phi) is 4.86. The summed E-state index contributed by atoms with van der Waals surface area (Å²) in [4.78, 5) is 10.9. The van der Waals surface area contributed by atoms with Crippen molar-refractivity contribution < 1.29 is 9.53 Å². The van der Waals surface area contributed by atoms with Gasteiger partial charge >= 0.3 is 5.97 Å². The zero-order chi connectivity index (χ0) is 11.3. The average molecular weight is 210 g/mol. The average Bonchev–Trinajstić information content (AvgIpc) is 2.18. The number of rotatable bonds is 4. The van der Waals surface area contributed by atoms with Gasteiger partial charge in [0.05, 0.1) is 6.61 Å². The lowest BCUT2D eigenvalue weighted by Crippen LogP contribution is -2.26. The number of hydrogen-bond acceptors (Lipinski definition) is 2. The molecule has 0 aromatic carbocycles. The normalized spacial score (nSPS) is 23.1. The molecule has 0 aliphatic carbocycles. The van der Waals surface area contributed by atoms with E-state index in [9.17, 15) is 4.79 Å². The van der Waals surface area contributed by atoms with Gasteiger partial charge in [-0.2, -0.15) is 0 Å². The molecule has 1 saturated heterocycles. The van der Waals surface area contributed by atoms with Crippen molar-refractivity contribution >= 4 is 5.97 Å². The molecule has 86 valence electrons. The third-order valence-corrected chi connectivity index (χ3v) is 3.16. The summed E-state index contributed by atoms with van der Waals surface area (Å²) in [5.41, 5.74) is 1.39. The van der Waals surface area contributed by atoms with Crippen molar-refractivity contribution in [2.24, 2.45) is 11.8 Å². The summed E-state index contributed by atoms with van der Waals surface area (Å²) in [7, 11) is 0. The molecule has 1 aliphatic rings. The molecule has 2 atom stereocenters. The Balaban J connectivity index is 2.25. The van der Waals surface area contributed by atoms with Gasteiger partial charge in [0.2, 0.25) is 0 Å². The van der Waals surface area contributed by atoms with Gasteiger partial charge in [0.25, 0.3) is 0 Å². The summed E-state index contributed by atoms with van der Waals surface area (Å²) in [6.45, 7) is 7.16. The third kappa shape index (κ3) is 4.50. The van der Waals surface area contributed by atoms with Crippen molar-refractivity contribution in [3.05, 3.63) is 11.6 Å². The van der Waals surface area contributed by atoms with Crippen LogP contribution in [0.5, 0.6) is 0 Å². The molecule has 0 saturated carbocycles. The van der Waals surface area contributed by atoms with E-state index in [0.29, 0.717) is 24.9 Å². The molecule has 0 aromatic rings. The van der Waals surface area contributed by atoms with Crippen LogP contribution in [0, 0.1) is 11.8 Å². The second-order valence-electron chi connectivity index (χ2n) is 4.82. The molecule has 0 unspecified atom stereocenters. The number of allylic oxidation sites excluding steroid dienone is 2. The van der Waals surface area contributed by atoms with Gasteiger partial charge in [-0.1, -0.05) is 18.6 Å². The molecule has 0 radical (unpaired) electrons. The molecule has 15 heavy (non-hydrogen) atoms. The number of hydrogen-bond donors (Lipinski definition) is 0. The minimum atomic E-state index is -0.0252. The highest BCUT2D eigenvalue weighted by molar-refractivity contribution is 5.69. The Morgan fingerprint density at radius 2 is 2.33 bits per heavy atom. The molecule has 2 heteroatoms. The second kappa shape index (κ2) is 5.94. The van der Waals surface area contributed by atoms with Gasteiger partial charge < -0.3 is 4.74 Å². The van der Waals surface area contributed by atoms with Crippen LogP contribution in [0.1, 0.15) is 46.5 Å². The molecule has 1 fully saturated rings. The number of cyclic esters (lactones) is 1. The van der Waals surface area contributed by atoms with E-state index in [1.165, 1.54) is 12.0 Å². The van der Waals surface area contributed by atoms with Gasteiger partial charge in [0.15, 0.2) is 0 Å². The Hall–Kier alpha value is -0.790. The molecule has 0 spiro atoms. The lowest BCUT2D eigenvalue weighted by Gasteiger charge is -2.26. The van der Waals surface area contributed by atoms with Crippen LogP contribution in [0.25, 0.3) is 0 Å². The Morgan fingerprint density at radius 3 is 2.87 bits per heavy atom. The smallest absolute Gasteiger partial charge is 0.305 e. The zero-order valence-electron chi connectivity index (χ0n) is 10.1. The standard InChI is InChI=1S/C13H22O2/c1-10(2)5-4-6-11(3)12-7-8-13(14)15-9-12/h5,11-12H,4,6-9H2,1-3H3/t11-,12+/m0/s1. The largest absolute Gasteiger partial charge is 0.465 e. The van der Waals surface area contributed by atoms with Gasteiger partial charge in [-0.15, -0.1) is 0 Å². The number of esters is 1. The van der Waals surface area contributed by atoms with Crippen LogP contribution in [-0.2, 0) is 9.53 Å². The first-order chi connectivity index (χ1) is 7.09. The van der Waals surface area contributed by atoms with Gasteiger partial charge in [-0.3, -0.25) is 4.79 Å². The molecule has 0 N–H and O–H groups in total. The predicted octanol–water partition coefficient (Wildman–Crippen LogP) is 3.32. The van der Waals surface area contributed by atoms with Crippen LogP contribution in [0.2, 0.25) is 0 Å². The first kappa shape index (κ1) is 12.3. The highest BCUT2D eigenvalue weighted by atomic mass is 16.5. The van der Waals surface area contributed by atoms with E-state index in [4.69, 9.17) is 4.74 Å². The van der Waals surface area contributed by atoms with Crippen LogP contribution < -0.4 is 0 Å². The maximum absolute atomic E-state index is 10.9. The van der Waals surface area contributed by atoms with Crippen molar-refractivity contribution in [3.8, 4) is 0 Å². The fourth-order valence-electron chi connectivity index (χ4n) is 1.98. The molecule has 0 amide bonds. The summed E-state index contributed by atoms with van der Waals surface area (Å²) in [6.07, 6.45) is 6.25. The van der Waals surface area contributed by atoms with E-state index >= 15 is 0 Å². The van der Waals surface area contributed by atoms with Gasteiger partial charge in [-0.25, -0.2) is 0 Å². The quantitative estimate of drug-likeness (QED) is 0.525. The van der Waals surface area contributed by atoms with E-state index in [1.54, 1.807) is 0 Å². The van der Waals surface area contributed by atoms with Gasteiger partial charge in [-0.05, 0) is 44.9 Å². The first-order valence-electron chi connectivity index (χ1n) is 5.88. The SMILES string of the molecule is CC(C)=CCC[C@H](C)[C@@H]1CCC(=O)OC1. The topological polar surface area (TPSA) is 26.3 Å². The maximum Gasteiger partial charge on any atom is 0.305 e. The van der Waals surface area contributed by atoms with Crippen LogP contribution in [-0.4, -0.2) is 12.6 Å². The van der Waals surface area contributed by atoms with Crippen molar-refractivity contribution in [1.82, 2.24) is 0 Å². The van der Waals surface area contributed by atoms with E-state index in [2.05, 4.69) is 26.8 Å². The molecule has 1 rings (SSSR count). The van der Waals surface area contributed by atoms with E-state index in [0.717, 1.165) is 12.8 Å². The number of ether oxygens (including phenoxy) is 1. The first-order valence-corrected chi connectivity index (χ1v) is 5.88. The van der Waals surface area contributed by atoms with Crippen LogP contribution in [0.3, 0.4) is 0 Å². The van der Waals surface area contributed by atoms with Gasteiger partial charge in [0, 0.05) is 6.42 Å². The van der Waals surface area contributed by atoms with Gasteiger partial charge in [0.1, 0.15) is 0 Å². The molecule has 2 nitrogen and oxygen atoms in total. The minimum absolute atomic E-state index is 0.0252. The van der Waals surface area contributed by atoms with Crippen molar-refractivity contribution in [3.63, 3.8) is 0 Å². The summed E-state index contributed by atoms with van der Waals surface area (Å²) in [6, 6.07) is 0. The van der Waals surface area contributed by atoms with E-state index < -0.39 is 0 Å². The lowest BCUT2D eigenvalue weighted by atomic mass is 9.86. The lowest BCUT2D eigenvalue weighted by molar-refractivity contribution is -0.150. The van der Waals surface area contributed by atoms with Crippen LogP contribution >= 0.6 is 0 Å². The van der Waals surface area contributed by atoms with E-state index in [1.807, 2.05) is 0 Å². The Morgan fingerprint density at radius 1 is 1.60 bits per heavy atom. The monoisotopic (exact) mass is 210 g/mol. The number of carbonyl (C=O) groups is 1. The fourth-order valence-corrected chi connectivity index (χ4v) is 1.98. The summed E-state index contributed by atoms with van der Waals surface area (Å²) in [5, 5.41) is 0. The van der Waals surface area contributed by atoms with Crippen LogP contribution in [0.4, 0.5) is 0 Å². The molecular weight excluding hydrogens is 188 g/mol. The predicted molar refractivity (Wildman–Crippen MR) is 61.5 cm³/mol. The zero-order valence-corrected chi connectivity index (χ0v) is 10.1. The molecule has 1 heterocycles. The van der Waals surface area contributed by atoms with Crippen molar-refractivity contribution in [1.29, 1.82) is 0 Å². The third-order valence-electron chi connectivity index (χ3n) is 3.16. The Bertz CT molecular complexity index is 229. The molecule has 1 aliphatic heterocycles. The fraction of sp³-hybridized carbons (Fsp3) is 0.769. The van der Waals surface area contributed by atoms with Crippen molar-refractivity contribution in [2.75, 3.05) is 6.61 Å².